The summed E-state index contributed by atoms with van der Waals surface area (Å²) >= 11 is 0. The van der Waals surface area contributed by atoms with Crippen LogP contribution in [0.15, 0.2) is 0 Å². The van der Waals surface area contributed by atoms with Gasteiger partial charge < -0.3 is 4.90 Å². The fourth-order valence-corrected chi connectivity index (χ4v) is 4.46. The Balaban J connectivity index is 1.58. The number of nitrogens with zero attached hydrogens (tertiary/aromatic N) is 2. The van der Waals surface area contributed by atoms with Crippen molar-refractivity contribution >= 4 is 15.7 Å². The molecule has 2 aliphatic heterocycles. The van der Waals surface area contributed by atoms with E-state index in [9.17, 15) is 13.2 Å². The van der Waals surface area contributed by atoms with Gasteiger partial charge in [-0.25, -0.2) is 8.42 Å². The maximum absolute atomic E-state index is 12.3. The molecule has 0 aromatic heterocycles. The monoisotopic (exact) mass is 286 g/mol. The lowest BCUT2D eigenvalue weighted by molar-refractivity contribution is -0.132. The van der Waals surface area contributed by atoms with Gasteiger partial charge in [0.2, 0.25) is 5.91 Å². The number of piperidine rings is 1. The molecule has 0 radical (unpaired) electrons. The molecule has 1 saturated carbocycles. The molecule has 5 nitrogen and oxygen atoms in total. The van der Waals surface area contributed by atoms with E-state index < -0.39 is 9.84 Å². The van der Waals surface area contributed by atoms with Crippen molar-refractivity contribution < 1.29 is 13.2 Å². The van der Waals surface area contributed by atoms with Gasteiger partial charge in [-0.3, -0.25) is 9.69 Å². The van der Waals surface area contributed by atoms with Crippen LogP contribution in [0, 0.1) is 0 Å². The summed E-state index contributed by atoms with van der Waals surface area (Å²) in [5.74, 6) is 0.278. The Morgan fingerprint density at radius 1 is 1.00 bits per heavy atom. The number of rotatable bonds is 3. The van der Waals surface area contributed by atoms with E-state index in [0.29, 0.717) is 18.9 Å². The van der Waals surface area contributed by atoms with Crippen molar-refractivity contribution in [2.75, 3.05) is 25.9 Å². The lowest BCUT2D eigenvalue weighted by atomic mass is 10.1. The van der Waals surface area contributed by atoms with E-state index in [2.05, 4.69) is 4.90 Å². The SMILES string of the molecule is CS(=O)(=O)C1CCN(C2CCN(C3CC3)C2=O)CC1. The predicted molar refractivity (Wildman–Crippen MR) is 72.6 cm³/mol. The molecule has 3 fully saturated rings. The van der Waals surface area contributed by atoms with Crippen LogP contribution in [0.5, 0.6) is 0 Å². The Morgan fingerprint density at radius 3 is 2.16 bits per heavy atom. The summed E-state index contributed by atoms with van der Waals surface area (Å²) in [6.45, 7) is 2.37. The minimum absolute atomic E-state index is 0.0149. The van der Waals surface area contributed by atoms with Gasteiger partial charge in [-0.15, -0.1) is 0 Å². The Bertz CT molecular complexity index is 464. The molecule has 0 aromatic carbocycles. The first-order valence-corrected chi connectivity index (χ1v) is 9.15. The Hall–Kier alpha value is -0.620. The highest BCUT2D eigenvalue weighted by Gasteiger charge is 2.43. The number of hydrogen-bond donors (Lipinski definition) is 0. The molecule has 0 spiro atoms. The second-order valence-electron chi connectivity index (χ2n) is 6.13. The van der Waals surface area contributed by atoms with Crippen molar-refractivity contribution in [1.29, 1.82) is 0 Å². The average molecular weight is 286 g/mol. The van der Waals surface area contributed by atoms with Crippen molar-refractivity contribution in [2.24, 2.45) is 0 Å². The van der Waals surface area contributed by atoms with Gasteiger partial charge in [-0.05, 0) is 32.1 Å². The number of likely N-dealkylation sites (tertiary alicyclic amines) is 2. The minimum atomic E-state index is -2.92. The van der Waals surface area contributed by atoms with Crippen molar-refractivity contribution in [1.82, 2.24) is 9.80 Å². The van der Waals surface area contributed by atoms with E-state index in [1.807, 2.05) is 4.90 Å². The Labute approximate surface area is 114 Å². The van der Waals surface area contributed by atoms with Crippen LogP contribution in [0.1, 0.15) is 32.1 Å². The Morgan fingerprint density at radius 2 is 1.63 bits per heavy atom. The van der Waals surface area contributed by atoms with Gasteiger partial charge in [0, 0.05) is 31.9 Å². The standard InChI is InChI=1S/C13H22N2O3S/c1-19(17,18)11-4-7-14(8-5-11)12-6-9-15(13(12)16)10-2-3-10/h10-12H,2-9H2,1H3. The average Bonchev–Trinajstić information content (AvgIpc) is 3.12. The van der Waals surface area contributed by atoms with Crippen LogP contribution in [-0.2, 0) is 14.6 Å². The topological polar surface area (TPSA) is 57.7 Å². The molecule has 19 heavy (non-hydrogen) atoms. The summed E-state index contributed by atoms with van der Waals surface area (Å²) < 4.78 is 23.1. The predicted octanol–water partition coefficient (Wildman–Crippen LogP) is 0.259. The molecule has 108 valence electrons. The highest BCUT2D eigenvalue weighted by molar-refractivity contribution is 7.91. The summed E-state index contributed by atoms with van der Waals surface area (Å²) in [4.78, 5) is 16.6. The Kier molecular flexibility index (Phi) is 3.33. The van der Waals surface area contributed by atoms with Crippen molar-refractivity contribution in [3.8, 4) is 0 Å². The normalized spacial score (nSPS) is 31.1. The third-order valence-electron chi connectivity index (χ3n) is 4.72. The fraction of sp³-hybridized carbons (Fsp3) is 0.923. The zero-order chi connectivity index (χ0) is 13.6. The van der Waals surface area contributed by atoms with Crippen LogP contribution >= 0.6 is 0 Å². The van der Waals surface area contributed by atoms with Gasteiger partial charge >= 0.3 is 0 Å². The van der Waals surface area contributed by atoms with Crippen molar-refractivity contribution in [3.05, 3.63) is 0 Å². The minimum Gasteiger partial charge on any atom is -0.338 e. The highest BCUT2D eigenvalue weighted by Crippen LogP contribution is 2.33. The number of hydrogen-bond acceptors (Lipinski definition) is 4. The third kappa shape index (κ3) is 2.65. The number of carbonyl (C=O) groups is 1. The zero-order valence-electron chi connectivity index (χ0n) is 11.4. The molecule has 0 aromatic rings. The van der Waals surface area contributed by atoms with Crippen molar-refractivity contribution in [3.63, 3.8) is 0 Å². The quantitative estimate of drug-likeness (QED) is 0.747. The molecule has 0 N–H and O–H groups in total. The molecule has 1 unspecified atom stereocenters. The summed E-state index contributed by atoms with van der Waals surface area (Å²) in [7, 11) is -2.92. The maximum Gasteiger partial charge on any atom is 0.240 e. The smallest absolute Gasteiger partial charge is 0.240 e. The molecule has 6 heteroatoms. The van der Waals surface area contributed by atoms with Gasteiger partial charge in [0.15, 0.2) is 0 Å². The summed E-state index contributed by atoms with van der Waals surface area (Å²) in [6, 6.07) is 0.521. The first-order chi connectivity index (χ1) is 8.97. The second-order valence-corrected chi connectivity index (χ2v) is 8.46. The third-order valence-corrected chi connectivity index (χ3v) is 6.40. The summed E-state index contributed by atoms with van der Waals surface area (Å²) in [5.41, 5.74) is 0. The van der Waals surface area contributed by atoms with Crippen LogP contribution in [0.25, 0.3) is 0 Å². The molecular formula is C13H22N2O3S. The van der Waals surface area contributed by atoms with E-state index in [1.54, 1.807) is 0 Å². The van der Waals surface area contributed by atoms with Crippen LogP contribution < -0.4 is 0 Å². The zero-order valence-corrected chi connectivity index (χ0v) is 12.2. The molecule has 0 bridgehead atoms. The molecular weight excluding hydrogens is 264 g/mol. The summed E-state index contributed by atoms with van der Waals surface area (Å²) in [6.07, 6.45) is 5.91. The molecule has 1 amide bonds. The molecule has 2 saturated heterocycles. The number of sulfone groups is 1. The summed E-state index contributed by atoms with van der Waals surface area (Å²) in [5, 5.41) is -0.209. The van der Waals surface area contributed by atoms with Gasteiger partial charge in [-0.2, -0.15) is 0 Å². The second kappa shape index (κ2) is 4.74. The van der Waals surface area contributed by atoms with E-state index in [4.69, 9.17) is 0 Å². The lowest BCUT2D eigenvalue weighted by Gasteiger charge is -2.34. The van der Waals surface area contributed by atoms with Gasteiger partial charge in [-0.1, -0.05) is 0 Å². The van der Waals surface area contributed by atoms with Crippen LogP contribution in [0.3, 0.4) is 0 Å². The first-order valence-electron chi connectivity index (χ1n) is 7.20. The van der Waals surface area contributed by atoms with Crippen LogP contribution in [-0.4, -0.2) is 67.3 Å². The number of amides is 1. The van der Waals surface area contributed by atoms with Gasteiger partial charge in [0.25, 0.3) is 0 Å². The van der Waals surface area contributed by atoms with Gasteiger partial charge in [0.1, 0.15) is 9.84 Å². The lowest BCUT2D eigenvalue weighted by Crippen LogP contribution is -2.48. The van der Waals surface area contributed by atoms with Crippen LogP contribution in [0.4, 0.5) is 0 Å². The van der Waals surface area contributed by atoms with E-state index in [-0.39, 0.29) is 17.2 Å². The van der Waals surface area contributed by atoms with E-state index >= 15 is 0 Å². The largest absolute Gasteiger partial charge is 0.338 e. The van der Waals surface area contributed by atoms with Gasteiger partial charge in [0.05, 0.1) is 11.3 Å². The molecule has 3 rings (SSSR count). The van der Waals surface area contributed by atoms with Crippen LogP contribution in [0.2, 0.25) is 0 Å². The fourth-order valence-electron chi connectivity index (χ4n) is 3.39. The molecule has 1 aliphatic carbocycles. The number of carbonyl (C=O) groups excluding carboxylic acids is 1. The first kappa shape index (κ1) is 13.4. The highest BCUT2D eigenvalue weighted by atomic mass is 32.2. The van der Waals surface area contributed by atoms with Crippen molar-refractivity contribution in [2.45, 2.75) is 49.4 Å². The van der Waals surface area contributed by atoms with E-state index in [0.717, 1.165) is 38.9 Å². The molecule has 3 aliphatic rings. The maximum atomic E-state index is 12.3. The molecule has 2 heterocycles. The molecule has 1 atom stereocenters. The van der Waals surface area contributed by atoms with E-state index in [1.165, 1.54) is 6.26 Å².